The van der Waals surface area contributed by atoms with Gasteiger partial charge in [-0.3, -0.25) is 14.4 Å². The topological polar surface area (TPSA) is 109 Å². The van der Waals surface area contributed by atoms with Gasteiger partial charge in [-0.15, -0.1) is 11.8 Å². The van der Waals surface area contributed by atoms with Crippen molar-refractivity contribution in [3.05, 3.63) is 48.0 Å². The molecule has 9 heteroatoms. The number of fused-ring (bicyclic) bond motifs is 1. The molecule has 0 saturated carbocycles. The van der Waals surface area contributed by atoms with Crippen LogP contribution in [0.2, 0.25) is 0 Å². The van der Waals surface area contributed by atoms with Crippen molar-refractivity contribution < 1.29 is 22.8 Å². The molecule has 0 spiro atoms. The summed E-state index contributed by atoms with van der Waals surface area (Å²) in [7, 11) is -3.71. The molecule has 1 aliphatic rings. The Morgan fingerprint density at radius 3 is 2.63 bits per heavy atom. The molecule has 158 valence electrons. The number of benzene rings is 2. The van der Waals surface area contributed by atoms with Crippen LogP contribution >= 0.6 is 11.8 Å². The Bertz CT molecular complexity index is 1110. The molecule has 7 nitrogen and oxygen atoms in total. The Hall–Kier alpha value is -2.65. The minimum Gasteiger partial charge on any atom is -0.326 e. The van der Waals surface area contributed by atoms with Crippen molar-refractivity contribution in [1.82, 2.24) is 0 Å². The average Bonchev–Trinajstić information content (AvgIpc) is 2.71. The van der Waals surface area contributed by atoms with E-state index < -0.39 is 15.7 Å². The van der Waals surface area contributed by atoms with Gasteiger partial charge in [0.2, 0.25) is 11.8 Å². The van der Waals surface area contributed by atoms with Gasteiger partial charge in [-0.2, -0.15) is 0 Å². The summed E-state index contributed by atoms with van der Waals surface area (Å²) in [6.45, 7) is 3.35. The van der Waals surface area contributed by atoms with Gasteiger partial charge in [0.05, 0.1) is 21.6 Å². The fraction of sp³-hybridized carbons (Fsp3) is 0.286. The SMILES string of the molecule is CC[C@H]1Sc2ccc(S(=O)(=O)CCC(=O)Nc3cccc(C(C)=O)c3)cc2NC1=O. The molecule has 0 fully saturated rings. The van der Waals surface area contributed by atoms with Crippen molar-refractivity contribution in [3.8, 4) is 0 Å². The van der Waals surface area contributed by atoms with E-state index in [1.807, 2.05) is 6.92 Å². The molecule has 2 N–H and O–H groups in total. The molecule has 1 atom stereocenters. The Morgan fingerprint density at radius 2 is 1.93 bits per heavy atom. The van der Waals surface area contributed by atoms with Gasteiger partial charge in [-0.25, -0.2) is 8.42 Å². The van der Waals surface area contributed by atoms with Gasteiger partial charge in [0.15, 0.2) is 15.6 Å². The fourth-order valence-electron chi connectivity index (χ4n) is 2.98. The number of hydrogen-bond acceptors (Lipinski definition) is 6. The first-order chi connectivity index (χ1) is 14.2. The lowest BCUT2D eigenvalue weighted by Gasteiger charge is -2.23. The summed E-state index contributed by atoms with van der Waals surface area (Å²) in [6.07, 6.45) is 0.448. The molecule has 0 unspecified atom stereocenters. The highest BCUT2D eigenvalue weighted by Gasteiger charge is 2.27. The van der Waals surface area contributed by atoms with E-state index in [0.717, 1.165) is 4.90 Å². The molecule has 0 bridgehead atoms. The number of carbonyl (C=O) groups is 3. The van der Waals surface area contributed by atoms with Gasteiger partial charge in [0.25, 0.3) is 0 Å². The summed E-state index contributed by atoms with van der Waals surface area (Å²) in [5.74, 6) is -1.11. The number of hydrogen-bond donors (Lipinski definition) is 2. The highest BCUT2D eigenvalue weighted by atomic mass is 32.2. The van der Waals surface area contributed by atoms with Gasteiger partial charge < -0.3 is 10.6 Å². The van der Waals surface area contributed by atoms with Crippen molar-refractivity contribution in [1.29, 1.82) is 0 Å². The van der Waals surface area contributed by atoms with Crippen LogP contribution in [0.3, 0.4) is 0 Å². The van der Waals surface area contributed by atoms with Gasteiger partial charge in [-0.1, -0.05) is 19.1 Å². The third-order valence-electron chi connectivity index (χ3n) is 4.65. The van der Waals surface area contributed by atoms with Crippen LogP contribution in [0.15, 0.2) is 52.3 Å². The Balaban J connectivity index is 1.66. The zero-order valence-corrected chi connectivity index (χ0v) is 18.2. The summed E-state index contributed by atoms with van der Waals surface area (Å²) in [5.41, 5.74) is 1.37. The number of sulfone groups is 1. The number of Topliss-reactive ketones (excluding diaryl/α,β-unsaturated/α-hetero) is 1. The van der Waals surface area contributed by atoms with Gasteiger partial charge in [0.1, 0.15) is 0 Å². The minimum atomic E-state index is -3.71. The average molecular weight is 447 g/mol. The summed E-state index contributed by atoms with van der Waals surface area (Å²) in [5, 5.41) is 5.18. The number of amides is 2. The minimum absolute atomic E-state index is 0.0588. The second-order valence-electron chi connectivity index (χ2n) is 6.92. The molecule has 0 aromatic heterocycles. The molecule has 2 aromatic rings. The molecular weight excluding hydrogens is 424 g/mol. The zero-order valence-electron chi connectivity index (χ0n) is 16.6. The monoisotopic (exact) mass is 446 g/mol. The van der Waals surface area contributed by atoms with Crippen molar-refractivity contribution in [2.45, 2.75) is 41.7 Å². The van der Waals surface area contributed by atoms with E-state index in [1.165, 1.54) is 30.8 Å². The standard InChI is InChI=1S/C21H22N2O5S2/c1-3-18-21(26)23-17-12-16(7-8-19(17)29-18)30(27,28)10-9-20(25)22-15-6-4-5-14(11-15)13(2)24/h4-8,11-12,18H,3,9-10H2,1-2H3,(H,22,25)(H,23,26)/t18-/m1/s1. The fourth-order valence-corrected chi connectivity index (χ4v) is 5.26. The first-order valence-corrected chi connectivity index (χ1v) is 12.0. The predicted octanol–water partition coefficient (Wildman–Crippen LogP) is 3.51. The number of carbonyl (C=O) groups excluding carboxylic acids is 3. The van der Waals surface area contributed by atoms with E-state index in [2.05, 4.69) is 10.6 Å². The summed E-state index contributed by atoms with van der Waals surface area (Å²) >= 11 is 1.41. The summed E-state index contributed by atoms with van der Waals surface area (Å²) < 4.78 is 25.4. The Morgan fingerprint density at radius 1 is 1.17 bits per heavy atom. The van der Waals surface area contributed by atoms with Crippen LogP contribution in [0, 0.1) is 0 Å². The zero-order chi connectivity index (χ0) is 21.9. The number of rotatable bonds is 7. The van der Waals surface area contributed by atoms with E-state index in [4.69, 9.17) is 0 Å². The van der Waals surface area contributed by atoms with E-state index >= 15 is 0 Å². The molecule has 2 aromatic carbocycles. The highest BCUT2D eigenvalue weighted by Crippen LogP contribution is 2.38. The van der Waals surface area contributed by atoms with Crippen LogP contribution in [-0.2, 0) is 19.4 Å². The lowest BCUT2D eigenvalue weighted by atomic mass is 10.1. The number of thioether (sulfide) groups is 1. The van der Waals surface area contributed by atoms with Crippen molar-refractivity contribution in [2.24, 2.45) is 0 Å². The molecule has 0 radical (unpaired) electrons. The lowest BCUT2D eigenvalue weighted by molar-refractivity contribution is -0.116. The van der Waals surface area contributed by atoms with Crippen LogP contribution in [0.25, 0.3) is 0 Å². The predicted molar refractivity (Wildman–Crippen MR) is 117 cm³/mol. The molecule has 30 heavy (non-hydrogen) atoms. The number of nitrogens with one attached hydrogen (secondary N) is 2. The maximum absolute atomic E-state index is 12.7. The van der Waals surface area contributed by atoms with E-state index in [9.17, 15) is 22.8 Å². The molecular formula is C21H22N2O5S2. The second kappa shape index (κ2) is 9.01. The molecule has 3 rings (SSSR count). The van der Waals surface area contributed by atoms with Crippen molar-refractivity contribution in [2.75, 3.05) is 16.4 Å². The smallest absolute Gasteiger partial charge is 0.237 e. The second-order valence-corrected chi connectivity index (χ2v) is 10.3. The molecule has 1 aliphatic heterocycles. The maximum atomic E-state index is 12.7. The Labute approximate surface area is 179 Å². The van der Waals surface area contributed by atoms with Crippen LogP contribution < -0.4 is 10.6 Å². The van der Waals surface area contributed by atoms with Gasteiger partial charge in [0, 0.05) is 22.6 Å². The number of ketones is 1. The quantitative estimate of drug-likeness (QED) is 0.630. The third kappa shape index (κ3) is 5.09. The maximum Gasteiger partial charge on any atom is 0.237 e. The Kier molecular flexibility index (Phi) is 6.62. The first-order valence-electron chi connectivity index (χ1n) is 9.45. The highest BCUT2D eigenvalue weighted by molar-refractivity contribution is 8.01. The van der Waals surface area contributed by atoms with E-state index in [-0.39, 0.29) is 34.0 Å². The van der Waals surface area contributed by atoms with Crippen LogP contribution in [0.1, 0.15) is 37.0 Å². The van der Waals surface area contributed by atoms with E-state index in [0.29, 0.717) is 23.4 Å². The number of anilines is 2. The van der Waals surface area contributed by atoms with Crippen LogP contribution in [0.5, 0.6) is 0 Å². The lowest BCUT2D eigenvalue weighted by Crippen LogP contribution is -2.28. The third-order valence-corrected chi connectivity index (χ3v) is 7.81. The van der Waals surface area contributed by atoms with Crippen molar-refractivity contribution >= 4 is 50.6 Å². The molecule has 0 saturated heterocycles. The summed E-state index contributed by atoms with van der Waals surface area (Å²) in [6, 6.07) is 11.1. The normalized spacial score (nSPS) is 15.8. The molecule has 1 heterocycles. The van der Waals surface area contributed by atoms with Crippen LogP contribution in [0.4, 0.5) is 11.4 Å². The van der Waals surface area contributed by atoms with Crippen LogP contribution in [-0.4, -0.2) is 37.0 Å². The molecule has 2 amide bonds. The molecule has 0 aliphatic carbocycles. The van der Waals surface area contributed by atoms with E-state index in [1.54, 1.807) is 30.3 Å². The van der Waals surface area contributed by atoms with Gasteiger partial charge in [-0.05, 0) is 43.7 Å². The van der Waals surface area contributed by atoms with Gasteiger partial charge >= 0.3 is 0 Å². The largest absolute Gasteiger partial charge is 0.326 e. The summed E-state index contributed by atoms with van der Waals surface area (Å²) in [4.78, 5) is 36.6. The first kappa shape index (κ1) is 22.0. The van der Waals surface area contributed by atoms with Crippen molar-refractivity contribution in [3.63, 3.8) is 0 Å².